The van der Waals surface area contributed by atoms with Crippen molar-refractivity contribution in [1.29, 1.82) is 0 Å². The summed E-state index contributed by atoms with van der Waals surface area (Å²) in [4.78, 5) is 0.183. The summed E-state index contributed by atoms with van der Waals surface area (Å²) >= 11 is 4.61. The zero-order chi connectivity index (χ0) is 12.2. The van der Waals surface area contributed by atoms with Crippen molar-refractivity contribution in [2.24, 2.45) is 5.73 Å². The minimum atomic E-state index is -3.23. The number of hydrogen-bond acceptors (Lipinski definition) is 3. The predicted molar refractivity (Wildman–Crippen MR) is 65.3 cm³/mol. The first kappa shape index (κ1) is 13.1. The molecule has 1 aromatic carbocycles. The molecule has 0 aromatic heterocycles. The molecule has 3 nitrogen and oxygen atoms in total. The standard InChI is InChI=1S/C10H12FNO2S2/c11-9-3-1-8(2-4-9)7-16(13,14)6-5-10(12)15/h1-4H,5-7H2,(H2,12,15). The first-order chi connectivity index (χ1) is 7.39. The molecule has 0 aliphatic rings. The highest BCUT2D eigenvalue weighted by molar-refractivity contribution is 7.90. The van der Waals surface area contributed by atoms with Crippen LogP contribution in [0.3, 0.4) is 0 Å². The number of rotatable bonds is 5. The van der Waals surface area contributed by atoms with Gasteiger partial charge < -0.3 is 5.73 Å². The molecule has 0 aliphatic heterocycles. The summed E-state index contributed by atoms with van der Waals surface area (Å²) < 4.78 is 35.8. The second-order valence-corrected chi connectivity index (χ2v) is 6.14. The fourth-order valence-electron chi connectivity index (χ4n) is 1.16. The van der Waals surface area contributed by atoms with Crippen molar-refractivity contribution in [3.8, 4) is 0 Å². The van der Waals surface area contributed by atoms with Crippen LogP contribution in [0.25, 0.3) is 0 Å². The van der Waals surface area contributed by atoms with Crippen LogP contribution in [0.5, 0.6) is 0 Å². The van der Waals surface area contributed by atoms with E-state index >= 15 is 0 Å². The van der Waals surface area contributed by atoms with Crippen LogP contribution >= 0.6 is 12.2 Å². The first-order valence-corrected chi connectivity index (χ1v) is 6.85. The normalized spacial score (nSPS) is 11.3. The molecule has 6 heteroatoms. The predicted octanol–water partition coefficient (Wildman–Crippen LogP) is 1.42. The topological polar surface area (TPSA) is 60.2 Å². The molecule has 1 rings (SSSR count). The van der Waals surface area contributed by atoms with Gasteiger partial charge in [-0.25, -0.2) is 12.8 Å². The number of benzene rings is 1. The first-order valence-electron chi connectivity index (χ1n) is 4.62. The Labute approximate surface area is 99.4 Å². The van der Waals surface area contributed by atoms with Gasteiger partial charge in [0, 0.05) is 6.42 Å². The third-order valence-corrected chi connectivity index (χ3v) is 3.76. The zero-order valence-electron chi connectivity index (χ0n) is 8.52. The van der Waals surface area contributed by atoms with E-state index < -0.39 is 9.84 Å². The second kappa shape index (κ2) is 5.36. The van der Waals surface area contributed by atoms with E-state index in [0.29, 0.717) is 5.56 Å². The number of thiocarbonyl (C=S) groups is 1. The average molecular weight is 261 g/mol. The lowest BCUT2D eigenvalue weighted by Gasteiger charge is -2.03. The van der Waals surface area contributed by atoms with Crippen molar-refractivity contribution >= 4 is 27.0 Å². The number of halogens is 1. The second-order valence-electron chi connectivity index (χ2n) is 3.43. The van der Waals surface area contributed by atoms with Crippen LogP contribution in [-0.4, -0.2) is 19.2 Å². The van der Waals surface area contributed by atoms with E-state index in [2.05, 4.69) is 12.2 Å². The van der Waals surface area contributed by atoms with Gasteiger partial charge in [0.1, 0.15) is 5.82 Å². The maximum atomic E-state index is 12.6. The van der Waals surface area contributed by atoms with Crippen molar-refractivity contribution in [2.75, 3.05) is 5.75 Å². The smallest absolute Gasteiger partial charge is 0.154 e. The largest absolute Gasteiger partial charge is 0.393 e. The van der Waals surface area contributed by atoms with E-state index in [1.165, 1.54) is 24.3 Å². The monoisotopic (exact) mass is 261 g/mol. The van der Waals surface area contributed by atoms with Gasteiger partial charge >= 0.3 is 0 Å². The van der Waals surface area contributed by atoms with Crippen molar-refractivity contribution < 1.29 is 12.8 Å². The minimum Gasteiger partial charge on any atom is -0.393 e. The van der Waals surface area contributed by atoms with E-state index in [0.717, 1.165) is 0 Å². The van der Waals surface area contributed by atoms with Gasteiger partial charge in [0.15, 0.2) is 9.84 Å². The quantitative estimate of drug-likeness (QED) is 0.814. The fraction of sp³-hybridized carbons (Fsp3) is 0.300. The summed E-state index contributed by atoms with van der Waals surface area (Å²) in [6.45, 7) is 0. The molecule has 0 aliphatic carbocycles. The highest BCUT2D eigenvalue weighted by Crippen LogP contribution is 2.08. The van der Waals surface area contributed by atoms with Crippen LogP contribution in [0.2, 0.25) is 0 Å². The molecule has 1 aromatic rings. The van der Waals surface area contributed by atoms with Gasteiger partial charge in [0.05, 0.1) is 16.5 Å². The fourth-order valence-corrected chi connectivity index (χ4v) is 2.77. The molecule has 0 radical (unpaired) electrons. The molecule has 0 bridgehead atoms. The Morgan fingerprint density at radius 2 is 1.88 bits per heavy atom. The number of hydrogen-bond donors (Lipinski definition) is 1. The van der Waals surface area contributed by atoms with Crippen molar-refractivity contribution in [3.63, 3.8) is 0 Å². The third-order valence-electron chi connectivity index (χ3n) is 1.96. The highest BCUT2D eigenvalue weighted by Gasteiger charge is 2.12. The van der Waals surface area contributed by atoms with Gasteiger partial charge in [0.2, 0.25) is 0 Å². The molecule has 0 unspecified atom stereocenters. The van der Waals surface area contributed by atoms with E-state index in [-0.39, 0.29) is 28.7 Å². The molecule has 0 spiro atoms. The van der Waals surface area contributed by atoms with Crippen LogP contribution in [0.1, 0.15) is 12.0 Å². The molecule has 0 saturated carbocycles. The molecular formula is C10H12FNO2S2. The van der Waals surface area contributed by atoms with Gasteiger partial charge in [-0.3, -0.25) is 0 Å². The summed E-state index contributed by atoms with van der Waals surface area (Å²) in [5, 5.41) is 0. The lowest BCUT2D eigenvalue weighted by molar-refractivity contribution is 0.595. The van der Waals surface area contributed by atoms with E-state index in [4.69, 9.17) is 5.73 Å². The summed E-state index contributed by atoms with van der Waals surface area (Å²) in [5.74, 6) is -0.570. The lowest BCUT2D eigenvalue weighted by Crippen LogP contribution is -2.16. The number of nitrogens with two attached hydrogens (primary N) is 1. The van der Waals surface area contributed by atoms with E-state index in [9.17, 15) is 12.8 Å². The van der Waals surface area contributed by atoms with Gasteiger partial charge in [-0.2, -0.15) is 0 Å². The Bertz CT molecular complexity index is 468. The minimum absolute atomic E-state index is 0.0697. The molecule has 16 heavy (non-hydrogen) atoms. The van der Waals surface area contributed by atoms with Gasteiger partial charge in [0.25, 0.3) is 0 Å². The zero-order valence-corrected chi connectivity index (χ0v) is 10.2. The van der Waals surface area contributed by atoms with Crippen molar-refractivity contribution in [2.45, 2.75) is 12.2 Å². The molecular weight excluding hydrogens is 249 g/mol. The molecule has 0 saturated heterocycles. The summed E-state index contributed by atoms with van der Waals surface area (Å²) in [6, 6.07) is 5.37. The molecule has 2 N–H and O–H groups in total. The summed E-state index contributed by atoms with van der Waals surface area (Å²) in [6.07, 6.45) is 0.179. The van der Waals surface area contributed by atoms with Gasteiger partial charge in [-0.15, -0.1) is 0 Å². The summed E-state index contributed by atoms with van der Waals surface area (Å²) in [7, 11) is -3.23. The van der Waals surface area contributed by atoms with Crippen molar-refractivity contribution in [1.82, 2.24) is 0 Å². The SMILES string of the molecule is NC(=S)CCS(=O)(=O)Cc1ccc(F)cc1. The lowest BCUT2D eigenvalue weighted by atomic mass is 10.2. The summed E-state index contributed by atoms with van der Waals surface area (Å²) in [5.41, 5.74) is 5.79. The Hall–Kier alpha value is -1.01. The highest BCUT2D eigenvalue weighted by atomic mass is 32.2. The molecule has 0 amide bonds. The molecule has 88 valence electrons. The Morgan fingerprint density at radius 3 is 2.38 bits per heavy atom. The Balaban J connectivity index is 2.65. The van der Waals surface area contributed by atoms with Gasteiger partial charge in [-0.1, -0.05) is 24.4 Å². The van der Waals surface area contributed by atoms with Crippen LogP contribution in [0, 0.1) is 5.82 Å². The van der Waals surface area contributed by atoms with Crippen molar-refractivity contribution in [3.05, 3.63) is 35.6 Å². The molecule has 0 fully saturated rings. The average Bonchev–Trinajstić information content (AvgIpc) is 2.19. The Kier molecular flexibility index (Phi) is 4.37. The number of sulfone groups is 1. The van der Waals surface area contributed by atoms with Crippen LogP contribution in [0.15, 0.2) is 24.3 Å². The molecule has 0 heterocycles. The van der Waals surface area contributed by atoms with Gasteiger partial charge in [-0.05, 0) is 17.7 Å². The van der Waals surface area contributed by atoms with Crippen LogP contribution < -0.4 is 5.73 Å². The maximum absolute atomic E-state index is 12.6. The van der Waals surface area contributed by atoms with E-state index in [1.807, 2.05) is 0 Å². The van der Waals surface area contributed by atoms with Crippen LogP contribution in [-0.2, 0) is 15.6 Å². The van der Waals surface area contributed by atoms with Crippen LogP contribution in [0.4, 0.5) is 4.39 Å². The maximum Gasteiger partial charge on any atom is 0.154 e. The third kappa shape index (κ3) is 4.67. The van der Waals surface area contributed by atoms with E-state index in [1.54, 1.807) is 0 Å². The molecule has 0 atom stereocenters. The Morgan fingerprint density at radius 1 is 1.31 bits per heavy atom.